The van der Waals surface area contributed by atoms with E-state index in [9.17, 15) is 0 Å². The minimum atomic E-state index is 0.118. The summed E-state index contributed by atoms with van der Waals surface area (Å²) in [6, 6.07) is 0. The van der Waals surface area contributed by atoms with Gasteiger partial charge >= 0.3 is 0 Å². The van der Waals surface area contributed by atoms with Gasteiger partial charge in [-0.2, -0.15) is 0 Å². The molecule has 0 saturated carbocycles. The second-order valence-corrected chi connectivity index (χ2v) is 5.41. The van der Waals surface area contributed by atoms with Gasteiger partial charge in [0.05, 0.1) is 18.3 Å². The molecule has 0 amide bonds. The summed E-state index contributed by atoms with van der Waals surface area (Å²) in [5.41, 5.74) is 0.118. The number of rotatable bonds is 3. The second kappa shape index (κ2) is 5.15. The fraction of sp³-hybridized carbons (Fsp3) is 1.00. The number of hydrogen-bond donors (Lipinski definition) is 0. The lowest BCUT2D eigenvalue weighted by Crippen LogP contribution is -2.47. The first kappa shape index (κ1) is 11.9. The van der Waals surface area contributed by atoms with Crippen LogP contribution in [0.2, 0.25) is 0 Å². The number of alkyl halides is 1. The van der Waals surface area contributed by atoms with Crippen LogP contribution in [-0.2, 0) is 9.47 Å². The minimum Gasteiger partial charge on any atom is -0.381 e. The lowest BCUT2D eigenvalue weighted by Gasteiger charge is -2.44. The van der Waals surface area contributed by atoms with Crippen molar-refractivity contribution in [3.05, 3.63) is 0 Å². The summed E-state index contributed by atoms with van der Waals surface area (Å²) in [5, 5.41) is 0.975. The zero-order chi connectivity index (χ0) is 10.7. The van der Waals surface area contributed by atoms with Crippen LogP contribution < -0.4 is 0 Å². The van der Waals surface area contributed by atoms with E-state index in [1.165, 1.54) is 25.7 Å². The third kappa shape index (κ3) is 2.40. The van der Waals surface area contributed by atoms with E-state index in [1.807, 2.05) is 0 Å². The van der Waals surface area contributed by atoms with Gasteiger partial charge in [0.1, 0.15) is 0 Å². The Hall–Kier alpha value is 0.400. The van der Waals surface area contributed by atoms with Crippen LogP contribution in [0.3, 0.4) is 0 Å². The monoisotopic (exact) mass is 276 g/mol. The molecule has 2 saturated heterocycles. The Balaban J connectivity index is 2.05. The highest BCUT2D eigenvalue weighted by Gasteiger charge is 2.43. The maximum atomic E-state index is 6.33. The Morgan fingerprint density at radius 1 is 1.40 bits per heavy atom. The summed E-state index contributed by atoms with van der Waals surface area (Å²) in [6.07, 6.45) is 6.47. The predicted molar refractivity (Wildman–Crippen MR) is 64.5 cm³/mol. The van der Waals surface area contributed by atoms with Crippen molar-refractivity contribution in [3.63, 3.8) is 0 Å². The summed E-state index contributed by atoms with van der Waals surface area (Å²) >= 11 is 3.54. The SMILES string of the molecule is CCC1(C2CCOC2)CCCC(CBr)O1. The third-order valence-electron chi connectivity index (χ3n) is 3.97. The van der Waals surface area contributed by atoms with Gasteiger partial charge in [0.15, 0.2) is 0 Å². The smallest absolute Gasteiger partial charge is 0.0734 e. The largest absolute Gasteiger partial charge is 0.381 e. The topological polar surface area (TPSA) is 18.5 Å². The standard InChI is InChI=1S/C12H21BrO2/c1-2-12(10-5-7-14-9-10)6-3-4-11(8-13)15-12/h10-11H,2-9H2,1H3. The molecule has 3 heteroatoms. The molecule has 15 heavy (non-hydrogen) atoms. The van der Waals surface area contributed by atoms with Crippen molar-refractivity contribution in [1.82, 2.24) is 0 Å². The summed E-state index contributed by atoms with van der Waals surface area (Å²) < 4.78 is 11.8. The first-order valence-electron chi connectivity index (χ1n) is 6.12. The summed E-state index contributed by atoms with van der Waals surface area (Å²) in [6.45, 7) is 4.09. The van der Waals surface area contributed by atoms with Crippen LogP contribution in [0.4, 0.5) is 0 Å². The average Bonchev–Trinajstić information content (AvgIpc) is 2.83. The summed E-state index contributed by atoms with van der Waals surface area (Å²) in [4.78, 5) is 0. The van der Waals surface area contributed by atoms with Gasteiger partial charge in [0.25, 0.3) is 0 Å². The van der Waals surface area contributed by atoms with Crippen molar-refractivity contribution in [2.24, 2.45) is 5.92 Å². The Morgan fingerprint density at radius 2 is 2.27 bits per heavy atom. The van der Waals surface area contributed by atoms with E-state index in [0.717, 1.165) is 25.0 Å². The first-order valence-corrected chi connectivity index (χ1v) is 7.24. The van der Waals surface area contributed by atoms with Gasteiger partial charge in [-0.05, 0) is 32.1 Å². The van der Waals surface area contributed by atoms with Gasteiger partial charge in [-0.15, -0.1) is 0 Å². The van der Waals surface area contributed by atoms with Gasteiger partial charge in [-0.3, -0.25) is 0 Å². The quantitative estimate of drug-likeness (QED) is 0.738. The second-order valence-electron chi connectivity index (χ2n) is 4.77. The molecule has 2 aliphatic heterocycles. The zero-order valence-corrected chi connectivity index (χ0v) is 11.1. The molecule has 0 aromatic rings. The van der Waals surface area contributed by atoms with Crippen LogP contribution in [0.5, 0.6) is 0 Å². The molecule has 0 aliphatic carbocycles. The molecule has 0 N–H and O–H groups in total. The van der Waals surface area contributed by atoms with Gasteiger partial charge in [0.2, 0.25) is 0 Å². The summed E-state index contributed by atoms with van der Waals surface area (Å²) in [7, 11) is 0. The maximum Gasteiger partial charge on any atom is 0.0734 e. The molecule has 3 unspecified atom stereocenters. The number of halogens is 1. The highest BCUT2D eigenvalue weighted by Crippen LogP contribution is 2.41. The van der Waals surface area contributed by atoms with Gasteiger partial charge in [-0.25, -0.2) is 0 Å². The van der Waals surface area contributed by atoms with Crippen molar-refractivity contribution in [3.8, 4) is 0 Å². The van der Waals surface area contributed by atoms with Crippen LogP contribution in [-0.4, -0.2) is 30.2 Å². The van der Waals surface area contributed by atoms with E-state index in [2.05, 4.69) is 22.9 Å². The lowest BCUT2D eigenvalue weighted by molar-refractivity contribution is -0.153. The van der Waals surface area contributed by atoms with Crippen LogP contribution in [0.25, 0.3) is 0 Å². The molecule has 2 nitrogen and oxygen atoms in total. The Bertz CT molecular complexity index is 204. The number of ether oxygens (including phenoxy) is 2. The lowest BCUT2D eigenvalue weighted by atomic mass is 9.78. The van der Waals surface area contributed by atoms with E-state index >= 15 is 0 Å². The van der Waals surface area contributed by atoms with Crippen LogP contribution in [0.15, 0.2) is 0 Å². The van der Waals surface area contributed by atoms with Crippen molar-refractivity contribution >= 4 is 15.9 Å². The summed E-state index contributed by atoms with van der Waals surface area (Å²) in [5.74, 6) is 0.629. The fourth-order valence-corrected chi connectivity index (χ4v) is 3.44. The Morgan fingerprint density at radius 3 is 2.87 bits per heavy atom. The maximum absolute atomic E-state index is 6.33. The highest BCUT2D eigenvalue weighted by molar-refractivity contribution is 9.09. The molecular weight excluding hydrogens is 256 g/mol. The molecule has 0 spiro atoms. The first-order chi connectivity index (χ1) is 7.30. The molecule has 2 heterocycles. The molecule has 88 valence electrons. The number of hydrogen-bond acceptors (Lipinski definition) is 2. The molecule has 0 radical (unpaired) electrons. The van der Waals surface area contributed by atoms with E-state index in [1.54, 1.807) is 0 Å². The van der Waals surface area contributed by atoms with E-state index < -0.39 is 0 Å². The van der Waals surface area contributed by atoms with Crippen molar-refractivity contribution in [1.29, 1.82) is 0 Å². The van der Waals surface area contributed by atoms with E-state index in [0.29, 0.717) is 12.0 Å². The molecule has 2 rings (SSSR count). The molecule has 2 fully saturated rings. The highest BCUT2D eigenvalue weighted by atomic mass is 79.9. The predicted octanol–water partition coefficient (Wildman–Crippen LogP) is 3.14. The van der Waals surface area contributed by atoms with Crippen LogP contribution in [0, 0.1) is 5.92 Å². The molecular formula is C12H21BrO2. The van der Waals surface area contributed by atoms with Gasteiger partial charge < -0.3 is 9.47 Å². The van der Waals surface area contributed by atoms with Crippen molar-refractivity contribution in [2.75, 3.05) is 18.5 Å². The van der Waals surface area contributed by atoms with Crippen LogP contribution >= 0.6 is 15.9 Å². The fourth-order valence-electron chi connectivity index (χ4n) is 2.99. The Labute approximate surface area is 101 Å². The third-order valence-corrected chi connectivity index (χ3v) is 4.69. The molecule has 0 aromatic heterocycles. The minimum absolute atomic E-state index is 0.118. The zero-order valence-electron chi connectivity index (χ0n) is 9.51. The molecule has 0 bridgehead atoms. The van der Waals surface area contributed by atoms with Crippen LogP contribution in [0.1, 0.15) is 39.0 Å². The van der Waals surface area contributed by atoms with Crippen molar-refractivity contribution < 1.29 is 9.47 Å². The van der Waals surface area contributed by atoms with Crippen molar-refractivity contribution in [2.45, 2.75) is 50.7 Å². The van der Waals surface area contributed by atoms with Gasteiger partial charge in [-0.1, -0.05) is 22.9 Å². The normalized spacial score (nSPS) is 42.0. The average molecular weight is 277 g/mol. The van der Waals surface area contributed by atoms with Gasteiger partial charge in [0, 0.05) is 17.9 Å². The molecule has 0 aromatic carbocycles. The molecule has 3 atom stereocenters. The van der Waals surface area contributed by atoms with E-state index in [-0.39, 0.29) is 5.60 Å². The van der Waals surface area contributed by atoms with E-state index in [4.69, 9.17) is 9.47 Å². The molecule has 2 aliphatic rings. The Kier molecular flexibility index (Phi) is 4.08.